The van der Waals surface area contributed by atoms with Crippen LogP contribution in [-0.2, 0) is 14.6 Å². The molecule has 130 valence electrons. The SMILES string of the molecule is CN(C)C(=O)CN1C(=S)N(c2cccc(Cl)c2)[C@H]2CS(=O)(=O)C[C@H]21. The number of hydrogen-bond acceptors (Lipinski definition) is 4. The molecule has 1 amide bonds. The quantitative estimate of drug-likeness (QED) is 0.721. The Morgan fingerprint density at radius 1 is 1.33 bits per heavy atom. The van der Waals surface area contributed by atoms with E-state index in [0.717, 1.165) is 5.69 Å². The molecule has 0 unspecified atom stereocenters. The summed E-state index contributed by atoms with van der Waals surface area (Å²) in [6.45, 7) is 0.0690. The molecule has 0 radical (unpaired) electrons. The predicted octanol–water partition coefficient (Wildman–Crippen LogP) is 1.00. The van der Waals surface area contributed by atoms with Crippen LogP contribution in [0.15, 0.2) is 24.3 Å². The number of sulfone groups is 1. The van der Waals surface area contributed by atoms with Gasteiger partial charge in [0.25, 0.3) is 0 Å². The summed E-state index contributed by atoms with van der Waals surface area (Å²) in [4.78, 5) is 17.2. The highest BCUT2D eigenvalue weighted by molar-refractivity contribution is 7.91. The van der Waals surface area contributed by atoms with Crippen LogP contribution in [0.5, 0.6) is 0 Å². The molecule has 2 aliphatic rings. The van der Waals surface area contributed by atoms with Crippen molar-refractivity contribution in [3.05, 3.63) is 29.3 Å². The maximum Gasteiger partial charge on any atom is 0.241 e. The van der Waals surface area contributed by atoms with E-state index in [-0.39, 0.29) is 36.0 Å². The van der Waals surface area contributed by atoms with Gasteiger partial charge < -0.3 is 14.7 Å². The van der Waals surface area contributed by atoms with Gasteiger partial charge in [-0.2, -0.15) is 0 Å². The van der Waals surface area contributed by atoms with Gasteiger partial charge in [-0.3, -0.25) is 4.79 Å². The number of rotatable bonds is 3. The number of benzene rings is 1. The number of amides is 1. The number of likely N-dealkylation sites (N-methyl/N-ethyl adjacent to an activating group) is 1. The van der Waals surface area contributed by atoms with E-state index in [0.29, 0.717) is 10.1 Å². The number of carbonyl (C=O) groups is 1. The fraction of sp³-hybridized carbons (Fsp3) is 0.467. The first-order valence-electron chi connectivity index (χ1n) is 7.45. The summed E-state index contributed by atoms with van der Waals surface area (Å²) in [6, 6.07) is 6.54. The Morgan fingerprint density at radius 2 is 2.00 bits per heavy atom. The van der Waals surface area contributed by atoms with Crippen LogP contribution in [0, 0.1) is 0 Å². The number of anilines is 1. The van der Waals surface area contributed by atoms with Gasteiger partial charge in [0.15, 0.2) is 14.9 Å². The van der Waals surface area contributed by atoms with E-state index >= 15 is 0 Å². The lowest BCUT2D eigenvalue weighted by Crippen LogP contribution is -2.43. The van der Waals surface area contributed by atoms with Crippen LogP contribution < -0.4 is 4.90 Å². The average molecular weight is 388 g/mol. The molecule has 2 heterocycles. The summed E-state index contributed by atoms with van der Waals surface area (Å²) in [7, 11) is 0.162. The van der Waals surface area contributed by atoms with E-state index in [1.54, 1.807) is 37.2 Å². The normalized spacial score (nSPS) is 25.0. The van der Waals surface area contributed by atoms with Crippen molar-refractivity contribution in [2.24, 2.45) is 0 Å². The van der Waals surface area contributed by atoms with Gasteiger partial charge in [-0.15, -0.1) is 0 Å². The number of thiocarbonyl (C=S) groups is 1. The van der Waals surface area contributed by atoms with Crippen LogP contribution in [0.4, 0.5) is 5.69 Å². The van der Waals surface area contributed by atoms with E-state index in [1.165, 1.54) is 4.90 Å². The third-order valence-corrected chi connectivity index (χ3v) is 6.73. The van der Waals surface area contributed by atoms with Gasteiger partial charge in [-0.05, 0) is 30.4 Å². The number of nitrogens with zero attached hydrogens (tertiary/aromatic N) is 3. The Morgan fingerprint density at radius 3 is 2.62 bits per heavy atom. The zero-order valence-corrected chi connectivity index (χ0v) is 15.7. The monoisotopic (exact) mass is 387 g/mol. The van der Waals surface area contributed by atoms with Crippen molar-refractivity contribution in [1.82, 2.24) is 9.80 Å². The van der Waals surface area contributed by atoms with E-state index in [2.05, 4.69) is 0 Å². The minimum Gasteiger partial charge on any atom is -0.347 e. The molecule has 6 nitrogen and oxygen atoms in total. The fourth-order valence-corrected chi connectivity index (χ4v) is 5.75. The first-order chi connectivity index (χ1) is 11.2. The van der Waals surface area contributed by atoms with Gasteiger partial charge in [-0.25, -0.2) is 8.42 Å². The van der Waals surface area contributed by atoms with Gasteiger partial charge in [-0.1, -0.05) is 17.7 Å². The van der Waals surface area contributed by atoms with Crippen LogP contribution in [0.2, 0.25) is 5.02 Å². The topological polar surface area (TPSA) is 60.9 Å². The van der Waals surface area contributed by atoms with E-state index in [9.17, 15) is 13.2 Å². The lowest BCUT2D eigenvalue weighted by molar-refractivity contribution is -0.129. The summed E-state index contributed by atoms with van der Waals surface area (Å²) in [5.41, 5.74) is 0.749. The Balaban J connectivity index is 1.98. The second kappa shape index (κ2) is 6.16. The summed E-state index contributed by atoms with van der Waals surface area (Å²) < 4.78 is 24.3. The van der Waals surface area contributed by atoms with Crippen LogP contribution >= 0.6 is 23.8 Å². The maximum absolute atomic E-state index is 12.1. The van der Waals surface area contributed by atoms with Crippen molar-refractivity contribution in [3.63, 3.8) is 0 Å². The molecule has 0 saturated carbocycles. The Kier molecular flexibility index (Phi) is 4.48. The first-order valence-corrected chi connectivity index (χ1v) is 10.1. The van der Waals surface area contributed by atoms with Gasteiger partial charge in [0.1, 0.15) is 0 Å². The molecule has 2 saturated heterocycles. The standard InChI is InChI=1S/C15H18ClN3O3S2/c1-17(2)14(20)7-18-12-8-24(21,22)9-13(12)19(15(18)23)11-5-3-4-10(16)6-11/h3-6,12-13H,7-9H2,1-2H3/t12-,13+/m1/s1. The van der Waals surface area contributed by atoms with Gasteiger partial charge in [0, 0.05) is 24.8 Å². The smallest absolute Gasteiger partial charge is 0.241 e. The van der Waals surface area contributed by atoms with Crippen molar-refractivity contribution in [1.29, 1.82) is 0 Å². The average Bonchev–Trinajstić information content (AvgIpc) is 2.90. The molecule has 9 heteroatoms. The number of hydrogen-bond donors (Lipinski definition) is 0. The van der Waals surface area contributed by atoms with Crippen molar-refractivity contribution in [2.75, 3.05) is 37.0 Å². The largest absolute Gasteiger partial charge is 0.347 e. The molecule has 2 fully saturated rings. The van der Waals surface area contributed by atoms with Gasteiger partial charge >= 0.3 is 0 Å². The minimum absolute atomic E-state index is 0.00950. The Labute approximate surface area is 151 Å². The number of halogens is 1. The molecule has 0 bridgehead atoms. The van der Waals surface area contributed by atoms with Crippen LogP contribution in [0.3, 0.4) is 0 Å². The molecule has 0 N–H and O–H groups in total. The fourth-order valence-electron chi connectivity index (χ4n) is 3.18. The zero-order chi connectivity index (χ0) is 17.6. The van der Waals surface area contributed by atoms with Crippen LogP contribution in [-0.4, -0.2) is 73.5 Å². The number of fused-ring (bicyclic) bond motifs is 1. The Hall–Kier alpha value is -1.38. The first kappa shape index (κ1) is 17.4. The minimum atomic E-state index is -3.17. The van der Waals surface area contributed by atoms with Gasteiger partial charge in [0.05, 0.1) is 30.1 Å². The second-order valence-corrected chi connectivity index (χ2v) is 9.22. The lowest BCUT2D eigenvalue weighted by Gasteiger charge is -2.26. The molecule has 2 atom stereocenters. The van der Waals surface area contributed by atoms with Crippen molar-refractivity contribution >= 4 is 50.4 Å². The molecule has 24 heavy (non-hydrogen) atoms. The lowest BCUT2D eigenvalue weighted by atomic mass is 10.1. The summed E-state index contributed by atoms with van der Waals surface area (Å²) in [5, 5.41) is 1.02. The van der Waals surface area contributed by atoms with E-state index in [4.69, 9.17) is 23.8 Å². The summed E-state index contributed by atoms with van der Waals surface area (Å²) in [5.74, 6) is -0.0830. The molecule has 1 aromatic carbocycles. The summed E-state index contributed by atoms with van der Waals surface area (Å²) >= 11 is 11.6. The van der Waals surface area contributed by atoms with Crippen molar-refractivity contribution in [2.45, 2.75) is 12.1 Å². The number of carbonyl (C=O) groups excluding carboxylic acids is 1. The third kappa shape index (κ3) is 3.10. The van der Waals surface area contributed by atoms with Crippen molar-refractivity contribution in [3.8, 4) is 0 Å². The van der Waals surface area contributed by atoms with E-state index < -0.39 is 9.84 Å². The molecule has 0 aromatic heterocycles. The highest BCUT2D eigenvalue weighted by Gasteiger charge is 2.52. The molecule has 3 rings (SSSR count). The zero-order valence-electron chi connectivity index (χ0n) is 13.3. The molecule has 0 aliphatic carbocycles. The maximum atomic E-state index is 12.1. The van der Waals surface area contributed by atoms with Crippen LogP contribution in [0.25, 0.3) is 0 Å². The molecule has 1 aromatic rings. The molecular weight excluding hydrogens is 370 g/mol. The molecular formula is C15H18ClN3O3S2. The molecule has 0 spiro atoms. The third-order valence-electron chi connectivity index (χ3n) is 4.37. The highest BCUT2D eigenvalue weighted by atomic mass is 35.5. The predicted molar refractivity (Wildman–Crippen MR) is 98.2 cm³/mol. The Bertz CT molecular complexity index is 797. The highest BCUT2D eigenvalue weighted by Crippen LogP contribution is 2.35. The summed E-state index contributed by atoms with van der Waals surface area (Å²) in [6.07, 6.45) is 0. The van der Waals surface area contributed by atoms with Crippen molar-refractivity contribution < 1.29 is 13.2 Å². The second-order valence-electron chi connectivity index (χ2n) is 6.26. The van der Waals surface area contributed by atoms with Crippen LogP contribution in [0.1, 0.15) is 0 Å². The van der Waals surface area contributed by atoms with E-state index in [1.807, 2.05) is 11.0 Å². The molecule has 2 aliphatic heterocycles. The van der Waals surface area contributed by atoms with Gasteiger partial charge in [0.2, 0.25) is 5.91 Å².